The average molecular weight is 351 g/mol. The molecule has 0 unspecified atom stereocenters. The first kappa shape index (κ1) is 20.6. The SMILES string of the molecule is CO[C@H]1O[C@@H](COC(=O)CNC(=O)OC(C)(C)C)[C@@H](O)[C@H](O)[C@H]1O. The van der Waals surface area contributed by atoms with Crippen molar-refractivity contribution in [3.63, 3.8) is 0 Å². The minimum atomic E-state index is -1.51. The molecular weight excluding hydrogens is 326 g/mol. The van der Waals surface area contributed by atoms with Gasteiger partial charge in [-0.25, -0.2) is 4.79 Å². The average Bonchev–Trinajstić information content (AvgIpc) is 2.48. The topological polar surface area (TPSA) is 144 Å². The van der Waals surface area contributed by atoms with E-state index in [0.717, 1.165) is 0 Å². The van der Waals surface area contributed by atoms with Crippen molar-refractivity contribution < 1.29 is 43.9 Å². The van der Waals surface area contributed by atoms with E-state index in [9.17, 15) is 24.9 Å². The number of hydrogen-bond acceptors (Lipinski definition) is 9. The maximum absolute atomic E-state index is 11.6. The molecule has 4 N–H and O–H groups in total. The third-order valence-corrected chi connectivity index (χ3v) is 3.09. The highest BCUT2D eigenvalue weighted by molar-refractivity contribution is 5.78. The number of ether oxygens (including phenoxy) is 4. The Bertz CT molecular complexity index is 434. The Kier molecular flexibility index (Phi) is 7.36. The van der Waals surface area contributed by atoms with Gasteiger partial charge in [0.2, 0.25) is 0 Å². The van der Waals surface area contributed by atoms with Crippen molar-refractivity contribution in [1.29, 1.82) is 0 Å². The minimum Gasteiger partial charge on any atom is -0.461 e. The Morgan fingerprint density at radius 1 is 1.12 bits per heavy atom. The monoisotopic (exact) mass is 351 g/mol. The zero-order chi connectivity index (χ0) is 18.5. The molecule has 1 fully saturated rings. The summed E-state index contributed by atoms with van der Waals surface area (Å²) in [4.78, 5) is 23.0. The number of esters is 1. The van der Waals surface area contributed by atoms with Crippen LogP contribution in [0.15, 0.2) is 0 Å². The number of hydrogen-bond donors (Lipinski definition) is 4. The third-order valence-electron chi connectivity index (χ3n) is 3.09. The number of carbonyl (C=O) groups is 2. The van der Waals surface area contributed by atoms with Crippen molar-refractivity contribution in [2.45, 2.75) is 57.1 Å². The highest BCUT2D eigenvalue weighted by Crippen LogP contribution is 2.21. The number of rotatable bonds is 5. The van der Waals surface area contributed by atoms with Crippen LogP contribution in [0.1, 0.15) is 20.8 Å². The fraction of sp³-hybridized carbons (Fsp3) is 0.857. The van der Waals surface area contributed by atoms with Crippen LogP contribution in [0.3, 0.4) is 0 Å². The predicted molar refractivity (Wildman–Crippen MR) is 78.9 cm³/mol. The fourth-order valence-electron chi connectivity index (χ4n) is 1.93. The Morgan fingerprint density at radius 2 is 1.75 bits per heavy atom. The van der Waals surface area contributed by atoms with Crippen LogP contribution in [0.4, 0.5) is 4.79 Å². The normalized spacial score (nSPS) is 30.5. The lowest BCUT2D eigenvalue weighted by Gasteiger charge is -2.39. The largest absolute Gasteiger partial charge is 0.461 e. The first-order chi connectivity index (χ1) is 11.0. The summed E-state index contributed by atoms with van der Waals surface area (Å²) in [5, 5.41) is 31.3. The molecule has 0 saturated carbocycles. The van der Waals surface area contributed by atoms with Gasteiger partial charge < -0.3 is 39.6 Å². The molecule has 0 aliphatic carbocycles. The zero-order valence-corrected chi connectivity index (χ0v) is 14.1. The molecule has 1 amide bonds. The highest BCUT2D eigenvalue weighted by atomic mass is 16.7. The summed E-state index contributed by atoms with van der Waals surface area (Å²) in [6.45, 7) is 4.21. The van der Waals surface area contributed by atoms with Gasteiger partial charge in [0, 0.05) is 7.11 Å². The molecular formula is C14H25NO9. The molecule has 0 spiro atoms. The summed E-state index contributed by atoms with van der Waals surface area (Å²) in [5.41, 5.74) is -0.694. The van der Waals surface area contributed by atoms with Crippen LogP contribution < -0.4 is 5.32 Å². The summed E-state index contributed by atoms with van der Waals surface area (Å²) in [7, 11) is 1.26. The molecule has 1 aliphatic heterocycles. The Hall–Kier alpha value is -1.46. The molecule has 24 heavy (non-hydrogen) atoms. The van der Waals surface area contributed by atoms with Crippen molar-refractivity contribution in [2.24, 2.45) is 0 Å². The maximum atomic E-state index is 11.6. The molecule has 10 nitrogen and oxygen atoms in total. The second kappa shape index (κ2) is 8.58. The molecule has 0 aromatic carbocycles. The van der Waals surface area contributed by atoms with Gasteiger partial charge in [0.1, 0.15) is 43.2 Å². The summed E-state index contributed by atoms with van der Waals surface area (Å²) >= 11 is 0. The second-order valence-electron chi connectivity index (χ2n) is 6.29. The first-order valence-electron chi connectivity index (χ1n) is 7.40. The van der Waals surface area contributed by atoms with Crippen LogP contribution in [-0.4, -0.2) is 84.0 Å². The van der Waals surface area contributed by atoms with E-state index in [1.54, 1.807) is 20.8 Å². The Balaban J connectivity index is 2.39. The third kappa shape index (κ3) is 6.21. The second-order valence-corrected chi connectivity index (χ2v) is 6.29. The smallest absolute Gasteiger partial charge is 0.408 e. The van der Waals surface area contributed by atoms with Gasteiger partial charge >= 0.3 is 12.1 Å². The summed E-state index contributed by atoms with van der Waals surface area (Å²) in [6.07, 6.45) is -7.41. The predicted octanol–water partition coefficient (Wildman–Crippen LogP) is -1.49. The van der Waals surface area contributed by atoms with Gasteiger partial charge in [-0.2, -0.15) is 0 Å². The van der Waals surface area contributed by atoms with Crippen LogP contribution in [-0.2, 0) is 23.7 Å². The van der Waals surface area contributed by atoms with Gasteiger partial charge in [-0.3, -0.25) is 4.79 Å². The lowest BCUT2D eigenvalue weighted by atomic mass is 9.99. The Labute approximate surface area is 139 Å². The molecule has 10 heteroatoms. The van der Waals surface area contributed by atoms with E-state index in [-0.39, 0.29) is 6.61 Å². The number of aliphatic hydroxyl groups is 3. The molecule has 0 radical (unpaired) electrons. The quantitative estimate of drug-likeness (QED) is 0.435. The van der Waals surface area contributed by atoms with E-state index in [1.807, 2.05) is 0 Å². The van der Waals surface area contributed by atoms with Crippen LogP contribution >= 0.6 is 0 Å². The van der Waals surface area contributed by atoms with E-state index < -0.39 is 54.9 Å². The van der Waals surface area contributed by atoms with E-state index in [4.69, 9.17) is 18.9 Å². The number of amides is 1. The molecule has 140 valence electrons. The van der Waals surface area contributed by atoms with Gasteiger partial charge in [0.25, 0.3) is 0 Å². The van der Waals surface area contributed by atoms with Gasteiger partial charge in [-0.05, 0) is 20.8 Å². The molecule has 0 aromatic heterocycles. The lowest BCUT2D eigenvalue weighted by molar-refractivity contribution is -0.295. The molecule has 1 heterocycles. The number of carbonyl (C=O) groups excluding carboxylic acids is 2. The van der Waals surface area contributed by atoms with Crippen molar-refractivity contribution in [2.75, 3.05) is 20.3 Å². The molecule has 0 aromatic rings. The number of aliphatic hydroxyl groups excluding tert-OH is 3. The number of alkyl carbamates (subject to hydrolysis) is 1. The maximum Gasteiger partial charge on any atom is 0.408 e. The fourth-order valence-corrected chi connectivity index (χ4v) is 1.93. The van der Waals surface area contributed by atoms with E-state index in [2.05, 4.69) is 5.32 Å². The van der Waals surface area contributed by atoms with Crippen molar-refractivity contribution in [3.05, 3.63) is 0 Å². The summed E-state index contributed by atoms with van der Waals surface area (Å²) < 4.78 is 19.8. The van der Waals surface area contributed by atoms with Gasteiger partial charge in [0.05, 0.1) is 0 Å². The standard InChI is InChI=1S/C14H25NO9/c1-14(2,3)24-13(20)15-5-8(16)22-6-7-9(17)10(18)11(19)12(21-4)23-7/h7,9-12,17-19H,5-6H2,1-4H3,(H,15,20)/t7-,9+,10-,11+,12-/m0/s1. The van der Waals surface area contributed by atoms with E-state index in [1.165, 1.54) is 7.11 Å². The number of methoxy groups -OCH3 is 1. The van der Waals surface area contributed by atoms with Crippen LogP contribution in [0.2, 0.25) is 0 Å². The van der Waals surface area contributed by atoms with Gasteiger partial charge in [-0.15, -0.1) is 0 Å². The highest BCUT2D eigenvalue weighted by Gasteiger charge is 2.44. The minimum absolute atomic E-state index is 0.389. The van der Waals surface area contributed by atoms with Crippen LogP contribution in [0.5, 0.6) is 0 Å². The molecule has 5 atom stereocenters. The first-order valence-corrected chi connectivity index (χ1v) is 7.40. The van der Waals surface area contributed by atoms with Crippen LogP contribution in [0.25, 0.3) is 0 Å². The molecule has 1 saturated heterocycles. The molecule has 0 bridgehead atoms. The van der Waals surface area contributed by atoms with Crippen molar-refractivity contribution in [3.8, 4) is 0 Å². The molecule has 1 aliphatic rings. The van der Waals surface area contributed by atoms with Crippen molar-refractivity contribution in [1.82, 2.24) is 5.32 Å². The van der Waals surface area contributed by atoms with Gasteiger partial charge in [0.15, 0.2) is 6.29 Å². The lowest BCUT2D eigenvalue weighted by Crippen LogP contribution is -2.59. The van der Waals surface area contributed by atoms with Crippen LogP contribution in [0, 0.1) is 0 Å². The van der Waals surface area contributed by atoms with E-state index >= 15 is 0 Å². The summed E-state index contributed by atoms with van der Waals surface area (Å²) in [6, 6.07) is 0. The van der Waals surface area contributed by atoms with E-state index in [0.29, 0.717) is 0 Å². The van der Waals surface area contributed by atoms with Gasteiger partial charge in [-0.1, -0.05) is 0 Å². The van der Waals surface area contributed by atoms with Crippen molar-refractivity contribution >= 4 is 12.1 Å². The zero-order valence-electron chi connectivity index (χ0n) is 14.1. The summed E-state index contributed by atoms with van der Waals surface area (Å²) in [5.74, 6) is -0.786. The Morgan fingerprint density at radius 3 is 2.29 bits per heavy atom. The molecule has 1 rings (SSSR count). The number of nitrogens with one attached hydrogen (secondary N) is 1.